The van der Waals surface area contributed by atoms with E-state index in [4.69, 9.17) is 0 Å². The first kappa shape index (κ1) is 21.0. The van der Waals surface area contributed by atoms with Crippen molar-refractivity contribution >= 4 is 17.5 Å². The van der Waals surface area contributed by atoms with E-state index >= 15 is 0 Å². The van der Waals surface area contributed by atoms with E-state index in [1.807, 2.05) is 30.3 Å². The van der Waals surface area contributed by atoms with Crippen molar-refractivity contribution in [1.82, 2.24) is 14.7 Å². The van der Waals surface area contributed by atoms with Crippen LogP contribution in [0, 0.1) is 30.1 Å². The Kier molecular flexibility index (Phi) is 5.22. The maximum atomic E-state index is 12.9. The third-order valence-electron chi connectivity index (χ3n) is 7.97. The molecule has 2 aromatic rings. The lowest BCUT2D eigenvalue weighted by atomic mass is 9.49. The van der Waals surface area contributed by atoms with Gasteiger partial charge in [-0.1, -0.05) is 18.2 Å². The molecule has 7 nitrogen and oxygen atoms in total. The van der Waals surface area contributed by atoms with Gasteiger partial charge in [0.15, 0.2) is 0 Å². The molecule has 32 heavy (non-hydrogen) atoms. The van der Waals surface area contributed by atoms with Gasteiger partial charge in [-0.05, 0) is 80.8 Å². The molecule has 0 aliphatic heterocycles. The van der Waals surface area contributed by atoms with Crippen molar-refractivity contribution < 1.29 is 9.59 Å². The SMILES string of the molecule is Cc1c(NC(=O)CNC(=O)CC23CC4CC(CC(C4)C2)C3)c(=O)n(-c2ccccc2)n1C. The second kappa shape index (κ2) is 7.94. The zero-order valence-corrected chi connectivity index (χ0v) is 18.9. The molecular formula is C25H32N4O3. The number of amides is 2. The highest BCUT2D eigenvalue weighted by Crippen LogP contribution is 2.61. The molecule has 6 rings (SSSR count). The van der Waals surface area contributed by atoms with E-state index in [2.05, 4.69) is 10.6 Å². The van der Waals surface area contributed by atoms with Crippen LogP contribution in [0.4, 0.5) is 5.69 Å². The van der Waals surface area contributed by atoms with Crippen molar-refractivity contribution in [1.29, 1.82) is 0 Å². The number of rotatable bonds is 6. The lowest BCUT2D eigenvalue weighted by Gasteiger charge is -2.56. The van der Waals surface area contributed by atoms with E-state index < -0.39 is 0 Å². The Morgan fingerprint density at radius 3 is 2.19 bits per heavy atom. The highest BCUT2D eigenvalue weighted by Gasteiger charge is 2.51. The van der Waals surface area contributed by atoms with Crippen molar-refractivity contribution in [2.45, 2.75) is 51.9 Å². The standard InChI is InChI=1S/C25H32N4O3/c1-16-23(24(32)29(28(16)2)20-6-4-3-5-7-20)27-22(31)15-26-21(30)14-25-11-17-8-18(12-25)10-19(9-17)13-25/h3-7,17-19H,8-15H2,1-2H3,(H,26,30)(H,27,31). The summed E-state index contributed by atoms with van der Waals surface area (Å²) in [6.45, 7) is 1.67. The van der Waals surface area contributed by atoms with Crippen molar-refractivity contribution in [2.75, 3.05) is 11.9 Å². The van der Waals surface area contributed by atoms with Gasteiger partial charge in [0.25, 0.3) is 5.56 Å². The number of nitrogens with zero attached hydrogens (tertiary/aromatic N) is 2. The third kappa shape index (κ3) is 3.78. The fourth-order valence-electron chi connectivity index (χ4n) is 6.98. The molecule has 0 spiro atoms. The number of nitrogens with one attached hydrogen (secondary N) is 2. The molecule has 7 heteroatoms. The van der Waals surface area contributed by atoms with Gasteiger partial charge in [-0.15, -0.1) is 0 Å². The molecule has 1 aromatic heterocycles. The number of para-hydroxylation sites is 1. The fraction of sp³-hybridized carbons (Fsp3) is 0.560. The van der Waals surface area contributed by atoms with Crippen LogP contribution < -0.4 is 16.2 Å². The molecule has 4 bridgehead atoms. The van der Waals surface area contributed by atoms with Crippen LogP contribution >= 0.6 is 0 Å². The lowest BCUT2D eigenvalue weighted by molar-refractivity contribution is -0.131. The van der Waals surface area contributed by atoms with E-state index in [0.29, 0.717) is 12.1 Å². The van der Waals surface area contributed by atoms with Crippen molar-refractivity contribution in [2.24, 2.45) is 30.2 Å². The first-order valence-electron chi connectivity index (χ1n) is 11.7. The molecule has 2 N–H and O–H groups in total. The summed E-state index contributed by atoms with van der Waals surface area (Å²) in [6, 6.07) is 9.30. The van der Waals surface area contributed by atoms with E-state index in [1.54, 1.807) is 18.7 Å². The van der Waals surface area contributed by atoms with Gasteiger partial charge >= 0.3 is 0 Å². The molecule has 2 amide bonds. The van der Waals surface area contributed by atoms with E-state index in [9.17, 15) is 14.4 Å². The highest BCUT2D eigenvalue weighted by molar-refractivity contribution is 5.95. The van der Waals surface area contributed by atoms with E-state index in [0.717, 1.165) is 23.4 Å². The molecule has 0 unspecified atom stereocenters. The van der Waals surface area contributed by atoms with Crippen molar-refractivity contribution in [3.05, 3.63) is 46.4 Å². The second-order valence-corrected chi connectivity index (χ2v) is 10.4. The van der Waals surface area contributed by atoms with Gasteiger partial charge in [0, 0.05) is 13.5 Å². The van der Waals surface area contributed by atoms with Gasteiger partial charge in [0.1, 0.15) is 5.69 Å². The minimum Gasteiger partial charge on any atom is -0.347 e. The molecule has 0 atom stereocenters. The average Bonchev–Trinajstić information content (AvgIpc) is 2.95. The van der Waals surface area contributed by atoms with Crippen LogP contribution in [-0.2, 0) is 16.6 Å². The number of aromatic nitrogens is 2. The minimum atomic E-state index is -0.380. The molecule has 1 aromatic carbocycles. The smallest absolute Gasteiger partial charge is 0.295 e. The normalized spacial score (nSPS) is 28.0. The third-order valence-corrected chi connectivity index (χ3v) is 7.97. The van der Waals surface area contributed by atoms with Gasteiger partial charge in [-0.25, -0.2) is 4.68 Å². The number of carbonyl (C=O) groups is 2. The number of anilines is 1. The molecule has 4 aliphatic rings. The maximum Gasteiger partial charge on any atom is 0.295 e. The summed E-state index contributed by atoms with van der Waals surface area (Å²) in [5.41, 5.74) is 1.50. The average molecular weight is 437 g/mol. The zero-order chi connectivity index (χ0) is 22.5. The van der Waals surface area contributed by atoms with Crippen LogP contribution in [0.2, 0.25) is 0 Å². The first-order chi connectivity index (χ1) is 15.3. The number of carbonyl (C=O) groups excluding carboxylic acids is 2. The van der Waals surface area contributed by atoms with Crippen LogP contribution in [-0.4, -0.2) is 27.7 Å². The zero-order valence-electron chi connectivity index (χ0n) is 18.9. The molecule has 4 fully saturated rings. The summed E-state index contributed by atoms with van der Waals surface area (Å²) in [4.78, 5) is 38.2. The summed E-state index contributed by atoms with van der Waals surface area (Å²) in [7, 11) is 1.78. The quantitative estimate of drug-likeness (QED) is 0.730. The molecule has 0 saturated heterocycles. The van der Waals surface area contributed by atoms with Gasteiger partial charge in [-0.2, -0.15) is 0 Å². The van der Waals surface area contributed by atoms with Gasteiger partial charge in [0.05, 0.1) is 17.9 Å². The summed E-state index contributed by atoms with van der Waals surface area (Å²) >= 11 is 0. The van der Waals surface area contributed by atoms with E-state index in [-0.39, 0.29) is 35.0 Å². The molecule has 0 radical (unpaired) electrons. The monoisotopic (exact) mass is 436 g/mol. The Labute approximate surface area is 188 Å². The Morgan fingerprint density at radius 2 is 1.59 bits per heavy atom. The summed E-state index contributed by atoms with van der Waals surface area (Å²) < 4.78 is 3.25. The van der Waals surface area contributed by atoms with Gasteiger partial charge < -0.3 is 10.6 Å². The van der Waals surface area contributed by atoms with Crippen LogP contribution in [0.5, 0.6) is 0 Å². The summed E-state index contributed by atoms with van der Waals surface area (Å²) in [5.74, 6) is 1.96. The molecule has 4 saturated carbocycles. The Morgan fingerprint density at radius 1 is 1.00 bits per heavy atom. The Bertz CT molecular complexity index is 1060. The Hall–Kier alpha value is -2.83. The molecular weight excluding hydrogens is 404 g/mol. The van der Waals surface area contributed by atoms with Crippen LogP contribution in [0.25, 0.3) is 5.69 Å². The van der Waals surface area contributed by atoms with Crippen molar-refractivity contribution in [3.8, 4) is 5.69 Å². The predicted molar refractivity (Wildman–Crippen MR) is 123 cm³/mol. The van der Waals surface area contributed by atoms with Crippen molar-refractivity contribution in [3.63, 3.8) is 0 Å². The first-order valence-corrected chi connectivity index (χ1v) is 11.7. The Balaban J connectivity index is 1.21. The largest absolute Gasteiger partial charge is 0.347 e. The highest BCUT2D eigenvalue weighted by atomic mass is 16.2. The van der Waals surface area contributed by atoms with Gasteiger partial charge in [0.2, 0.25) is 11.8 Å². The van der Waals surface area contributed by atoms with Crippen LogP contribution in [0.15, 0.2) is 35.1 Å². The second-order valence-electron chi connectivity index (χ2n) is 10.4. The summed E-state index contributed by atoms with van der Waals surface area (Å²) in [5, 5.41) is 5.52. The van der Waals surface area contributed by atoms with Crippen LogP contribution in [0.3, 0.4) is 0 Å². The lowest BCUT2D eigenvalue weighted by Crippen LogP contribution is -2.48. The fourth-order valence-corrected chi connectivity index (χ4v) is 6.98. The number of benzene rings is 1. The molecule has 170 valence electrons. The molecule has 1 heterocycles. The number of hydrogen-bond acceptors (Lipinski definition) is 3. The van der Waals surface area contributed by atoms with Gasteiger partial charge in [-0.3, -0.25) is 19.1 Å². The topological polar surface area (TPSA) is 85.1 Å². The number of hydrogen-bond donors (Lipinski definition) is 2. The molecule has 4 aliphatic carbocycles. The summed E-state index contributed by atoms with van der Waals surface area (Å²) in [6.07, 6.45) is 8.07. The van der Waals surface area contributed by atoms with E-state index in [1.165, 1.54) is 43.2 Å². The predicted octanol–water partition coefficient (Wildman–Crippen LogP) is 3.15. The van der Waals surface area contributed by atoms with Crippen LogP contribution in [0.1, 0.15) is 50.6 Å². The maximum absolute atomic E-state index is 12.9. The minimum absolute atomic E-state index is 0.0476.